The fraction of sp³-hybridized carbons (Fsp3) is 0.0667. The zero-order valence-electron chi connectivity index (χ0n) is 9.80. The minimum Gasteiger partial charge on any atom is -0.147 e. The van der Waals surface area contributed by atoms with Crippen LogP contribution in [0.2, 0.25) is 0 Å². The molecule has 0 aromatic heterocycles. The molecular formula is C15H14Cl2Hf. The molecule has 3 aliphatic rings. The summed E-state index contributed by atoms with van der Waals surface area (Å²) in [7, 11) is 0. The van der Waals surface area contributed by atoms with Crippen LogP contribution < -0.4 is 3.32 Å². The Bertz CT molecular complexity index is 546. The molecule has 0 aromatic rings. The monoisotopic (exact) mass is 444 g/mol. The van der Waals surface area contributed by atoms with Gasteiger partial charge >= 0.3 is 108 Å². The van der Waals surface area contributed by atoms with Crippen molar-refractivity contribution in [1.29, 1.82) is 0 Å². The molecule has 0 fully saturated rings. The fourth-order valence-electron chi connectivity index (χ4n) is 2.04. The van der Waals surface area contributed by atoms with Gasteiger partial charge in [0.25, 0.3) is 0 Å². The van der Waals surface area contributed by atoms with Gasteiger partial charge in [0.1, 0.15) is 0 Å². The van der Waals surface area contributed by atoms with Gasteiger partial charge in [-0.3, -0.25) is 0 Å². The Morgan fingerprint density at radius 2 is 1.72 bits per heavy atom. The molecular weight excluding hydrogens is 430 g/mol. The molecule has 0 saturated carbocycles. The van der Waals surface area contributed by atoms with Gasteiger partial charge in [-0.1, -0.05) is 0 Å². The van der Waals surface area contributed by atoms with Crippen molar-refractivity contribution in [3.05, 3.63) is 64.0 Å². The van der Waals surface area contributed by atoms with Crippen molar-refractivity contribution < 1.29 is 22.9 Å². The second-order valence-electron chi connectivity index (χ2n) is 3.98. The summed E-state index contributed by atoms with van der Waals surface area (Å²) in [6.07, 6.45) is 8.00. The number of rotatable bonds is 2. The van der Waals surface area contributed by atoms with E-state index < -0.39 is 22.9 Å². The van der Waals surface area contributed by atoms with Crippen LogP contribution in [-0.2, 0) is 22.9 Å². The standard InChI is InChI=1S/C10H7.C5H5.2ClH.Hf/c1-2-5-9-7-4-8-10(9)6-3-1;1-2-4-5-3-1;;;/h1-7H;1-3H,4H2;2*1H;. The Labute approximate surface area is 132 Å². The van der Waals surface area contributed by atoms with Crippen LogP contribution in [0.15, 0.2) is 64.0 Å². The van der Waals surface area contributed by atoms with Crippen molar-refractivity contribution in [2.24, 2.45) is 0 Å². The molecule has 0 N–H and O–H groups in total. The first-order chi connectivity index (χ1) is 7.93. The van der Waals surface area contributed by atoms with Crippen molar-refractivity contribution in [2.45, 2.75) is 6.42 Å². The SMILES string of the molecule is C1=CC[C]([Hf][c]2ccc3cccccc2-3)=C1.Cl.Cl. The number of hydrogen-bond acceptors (Lipinski definition) is 0. The molecule has 0 nitrogen and oxygen atoms in total. The van der Waals surface area contributed by atoms with E-state index in [1.54, 1.807) is 6.65 Å². The molecule has 0 unspecified atom stereocenters. The van der Waals surface area contributed by atoms with Crippen molar-refractivity contribution in [3.8, 4) is 11.1 Å². The van der Waals surface area contributed by atoms with E-state index >= 15 is 0 Å². The van der Waals surface area contributed by atoms with E-state index in [2.05, 4.69) is 60.7 Å². The summed E-state index contributed by atoms with van der Waals surface area (Å²) < 4.78 is 3.35. The molecule has 18 heavy (non-hydrogen) atoms. The number of allylic oxidation sites excluding steroid dienone is 4. The van der Waals surface area contributed by atoms with Crippen LogP contribution in [0.4, 0.5) is 0 Å². The zero-order chi connectivity index (χ0) is 10.8. The molecule has 3 heteroatoms. The number of halogens is 2. The molecule has 0 bridgehead atoms. The number of fused-ring (bicyclic) bond motifs is 1. The Morgan fingerprint density at radius 1 is 0.889 bits per heavy atom. The van der Waals surface area contributed by atoms with Crippen LogP contribution in [0.1, 0.15) is 6.42 Å². The van der Waals surface area contributed by atoms with E-state index in [0.29, 0.717) is 0 Å². The van der Waals surface area contributed by atoms with Crippen LogP contribution in [0.5, 0.6) is 0 Å². The molecule has 0 spiro atoms. The maximum Gasteiger partial charge on any atom is -0.147 e. The maximum absolute atomic E-state index is 2.34. The Hall–Kier alpha value is -0.370. The minimum absolute atomic E-state index is 0. The molecule has 0 aromatic carbocycles. The van der Waals surface area contributed by atoms with Crippen LogP contribution in [0.3, 0.4) is 0 Å². The van der Waals surface area contributed by atoms with Gasteiger partial charge in [0.2, 0.25) is 0 Å². The smallest absolute Gasteiger partial charge is 0.147 e. The summed E-state index contributed by atoms with van der Waals surface area (Å²) in [5, 5.41) is 0. The van der Waals surface area contributed by atoms with Crippen molar-refractivity contribution in [3.63, 3.8) is 0 Å². The van der Waals surface area contributed by atoms with E-state index in [0.717, 1.165) is 0 Å². The normalized spacial score (nSPS) is 12.6. The topological polar surface area (TPSA) is 0 Å². The summed E-state index contributed by atoms with van der Waals surface area (Å²) in [5.74, 6) is 0. The Kier molecular flexibility index (Phi) is 6.34. The van der Waals surface area contributed by atoms with Crippen LogP contribution >= 0.6 is 24.8 Å². The van der Waals surface area contributed by atoms with Crippen molar-refractivity contribution in [1.82, 2.24) is 0 Å². The quantitative estimate of drug-likeness (QED) is 0.611. The van der Waals surface area contributed by atoms with Crippen LogP contribution in [0.25, 0.3) is 11.1 Å². The maximum atomic E-state index is 2.34. The Morgan fingerprint density at radius 3 is 2.50 bits per heavy atom. The molecule has 0 radical (unpaired) electrons. The molecule has 3 aliphatic carbocycles. The summed E-state index contributed by atoms with van der Waals surface area (Å²) in [6, 6.07) is 15.5. The first-order valence-corrected chi connectivity index (χ1v) is 9.13. The van der Waals surface area contributed by atoms with Crippen molar-refractivity contribution >= 4 is 28.1 Å². The largest absolute Gasteiger partial charge is 0.147 e. The summed E-state index contributed by atoms with van der Waals surface area (Å²) in [5.41, 5.74) is 2.86. The van der Waals surface area contributed by atoms with Gasteiger partial charge in [-0.25, -0.2) is 0 Å². The van der Waals surface area contributed by atoms with Gasteiger partial charge in [-0.15, -0.1) is 24.8 Å². The fourth-order valence-corrected chi connectivity index (χ4v) is 6.62. The van der Waals surface area contributed by atoms with Gasteiger partial charge < -0.3 is 0 Å². The summed E-state index contributed by atoms with van der Waals surface area (Å²) in [4.78, 5) is 0. The van der Waals surface area contributed by atoms with Crippen LogP contribution in [-0.4, -0.2) is 0 Å². The predicted octanol–water partition coefficient (Wildman–Crippen LogP) is 4.19. The summed E-state index contributed by atoms with van der Waals surface area (Å²) in [6.45, 7) is 0. The zero-order valence-corrected chi connectivity index (χ0v) is 15.0. The van der Waals surface area contributed by atoms with Gasteiger partial charge in [-0.2, -0.15) is 0 Å². The molecule has 0 aliphatic heterocycles. The third kappa shape index (κ3) is 3.34. The average Bonchev–Trinajstić information content (AvgIpc) is 2.86. The first-order valence-electron chi connectivity index (χ1n) is 5.54. The second kappa shape index (κ2) is 7.28. The van der Waals surface area contributed by atoms with E-state index in [-0.39, 0.29) is 24.8 Å². The molecule has 92 valence electrons. The summed E-state index contributed by atoms with van der Waals surface area (Å²) >= 11 is -0.777. The van der Waals surface area contributed by atoms with Gasteiger partial charge in [0.15, 0.2) is 0 Å². The third-order valence-corrected chi connectivity index (χ3v) is 7.88. The Balaban J connectivity index is 0.000000810. The van der Waals surface area contributed by atoms with E-state index in [1.807, 2.05) is 0 Å². The predicted molar refractivity (Wildman–Crippen MR) is 79.0 cm³/mol. The first kappa shape index (κ1) is 15.7. The third-order valence-electron chi connectivity index (χ3n) is 2.86. The molecule has 3 rings (SSSR count). The minimum atomic E-state index is -0.777. The second-order valence-corrected chi connectivity index (χ2v) is 9.12. The van der Waals surface area contributed by atoms with E-state index in [1.165, 1.54) is 17.5 Å². The van der Waals surface area contributed by atoms with E-state index in [9.17, 15) is 0 Å². The molecule has 0 atom stereocenters. The molecule has 0 amide bonds. The molecule has 0 heterocycles. The van der Waals surface area contributed by atoms with Crippen LogP contribution in [0, 0.1) is 0 Å². The van der Waals surface area contributed by atoms with Gasteiger partial charge in [0.05, 0.1) is 0 Å². The van der Waals surface area contributed by atoms with E-state index in [4.69, 9.17) is 0 Å². The number of hydrogen-bond donors (Lipinski definition) is 0. The van der Waals surface area contributed by atoms with Gasteiger partial charge in [-0.05, 0) is 0 Å². The van der Waals surface area contributed by atoms with Gasteiger partial charge in [0, 0.05) is 0 Å². The molecule has 0 saturated heterocycles. The average molecular weight is 444 g/mol. The van der Waals surface area contributed by atoms with Crippen molar-refractivity contribution in [2.75, 3.05) is 0 Å².